The van der Waals surface area contributed by atoms with E-state index in [2.05, 4.69) is 4.98 Å². The van der Waals surface area contributed by atoms with Crippen LogP contribution in [-0.4, -0.2) is 9.66 Å². The van der Waals surface area contributed by atoms with Crippen molar-refractivity contribution < 1.29 is 0 Å². The van der Waals surface area contributed by atoms with Crippen molar-refractivity contribution in [2.24, 2.45) is 0 Å². The summed E-state index contributed by atoms with van der Waals surface area (Å²) in [6.45, 7) is 1.90. The summed E-state index contributed by atoms with van der Waals surface area (Å²) in [5.41, 5.74) is 1.70. The Morgan fingerprint density at radius 1 is 1.38 bits per heavy atom. The molecule has 0 saturated heterocycles. The molecule has 0 saturated carbocycles. The van der Waals surface area contributed by atoms with E-state index in [1.54, 1.807) is 18.3 Å². The van der Waals surface area contributed by atoms with Gasteiger partial charge in [0.2, 0.25) is 0 Å². The van der Waals surface area contributed by atoms with Crippen LogP contribution in [0, 0.1) is 6.92 Å². The number of aromatic nitrogens is 2. The molecular formula is C9H9N4. The van der Waals surface area contributed by atoms with Crippen molar-refractivity contribution in [3.63, 3.8) is 0 Å². The van der Waals surface area contributed by atoms with E-state index < -0.39 is 0 Å². The number of nitrogens with zero attached hydrogens (tertiary/aromatic N) is 3. The molecule has 0 spiro atoms. The first-order valence-corrected chi connectivity index (χ1v) is 3.94. The zero-order chi connectivity index (χ0) is 9.42. The maximum Gasteiger partial charge on any atom is 0.182 e. The SMILES string of the molecule is Cc1ccc2c(=[N])n(N)ccc2n1. The molecule has 0 bridgehead atoms. The molecule has 2 rings (SSSR count). The molecule has 0 aliphatic heterocycles. The Morgan fingerprint density at radius 2 is 2.15 bits per heavy atom. The molecular weight excluding hydrogens is 164 g/mol. The van der Waals surface area contributed by atoms with Gasteiger partial charge in [0.05, 0.1) is 5.52 Å². The molecule has 0 aliphatic rings. The second kappa shape index (κ2) is 2.58. The normalized spacial score (nSPS) is 10.5. The van der Waals surface area contributed by atoms with Crippen LogP contribution >= 0.6 is 0 Å². The molecule has 0 amide bonds. The van der Waals surface area contributed by atoms with E-state index >= 15 is 0 Å². The lowest BCUT2D eigenvalue weighted by Gasteiger charge is -2.01. The Balaban J connectivity index is 2.95. The van der Waals surface area contributed by atoms with Gasteiger partial charge in [0.1, 0.15) is 0 Å². The molecule has 4 nitrogen and oxygen atoms in total. The monoisotopic (exact) mass is 173 g/mol. The highest BCUT2D eigenvalue weighted by Crippen LogP contribution is 2.05. The minimum atomic E-state index is 0.0324. The zero-order valence-electron chi connectivity index (χ0n) is 7.23. The third-order valence-corrected chi connectivity index (χ3v) is 1.94. The molecule has 2 N–H and O–H groups in total. The lowest BCUT2D eigenvalue weighted by molar-refractivity contribution is 0.924. The van der Waals surface area contributed by atoms with Crippen molar-refractivity contribution >= 4 is 10.9 Å². The first kappa shape index (κ1) is 7.79. The second-order valence-electron chi connectivity index (χ2n) is 2.93. The van der Waals surface area contributed by atoms with Crippen LogP contribution in [-0.2, 0) is 0 Å². The van der Waals surface area contributed by atoms with Gasteiger partial charge in [-0.25, -0.2) is 0 Å². The summed E-state index contributed by atoms with van der Waals surface area (Å²) in [6.07, 6.45) is 1.57. The largest absolute Gasteiger partial charge is 0.338 e. The molecule has 13 heavy (non-hydrogen) atoms. The third-order valence-electron chi connectivity index (χ3n) is 1.94. The zero-order valence-corrected chi connectivity index (χ0v) is 7.23. The first-order chi connectivity index (χ1) is 6.18. The molecule has 1 radical (unpaired) electrons. The van der Waals surface area contributed by atoms with Gasteiger partial charge in [-0.2, -0.15) is 0 Å². The van der Waals surface area contributed by atoms with E-state index in [0.717, 1.165) is 11.2 Å². The maximum absolute atomic E-state index is 9.55. The molecule has 0 atom stereocenters. The van der Waals surface area contributed by atoms with Gasteiger partial charge in [-0.05, 0) is 25.1 Å². The smallest absolute Gasteiger partial charge is 0.182 e. The maximum atomic E-state index is 9.55. The van der Waals surface area contributed by atoms with Crippen LogP contribution in [0.4, 0.5) is 0 Å². The minimum Gasteiger partial charge on any atom is -0.338 e. The Morgan fingerprint density at radius 3 is 2.92 bits per heavy atom. The third kappa shape index (κ3) is 1.16. The molecule has 0 aliphatic carbocycles. The topological polar surface area (TPSA) is 66.1 Å². The van der Waals surface area contributed by atoms with Crippen LogP contribution in [0.25, 0.3) is 10.9 Å². The van der Waals surface area contributed by atoms with E-state index in [1.165, 1.54) is 4.68 Å². The standard InChI is InChI=1S/C9H9N4/c1-6-2-3-7-8(12-6)4-5-13(11)9(7)10/h2-5H,11H2,1H3. The Labute approximate surface area is 75.1 Å². The van der Waals surface area contributed by atoms with Gasteiger partial charge in [0.15, 0.2) is 5.49 Å². The summed E-state index contributed by atoms with van der Waals surface area (Å²) < 4.78 is 1.17. The van der Waals surface area contributed by atoms with E-state index in [0.29, 0.717) is 5.39 Å². The van der Waals surface area contributed by atoms with Crippen molar-refractivity contribution in [1.29, 1.82) is 0 Å². The summed E-state index contributed by atoms with van der Waals surface area (Å²) in [7, 11) is 0. The van der Waals surface area contributed by atoms with Crippen LogP contribution in [0.15, 0.2) is 24.4 Å². The fourth-order valence-corrected chi connectivity index (χ4v) is 1.25. The average molecular weight is 173 g/mol. The van der Waals surface area contributed by atoms with E-state index in [-0.39, 0.29) is 5.49 Å². The number of hydrogen-bond acceptors (Lipinski definition) is 2. The summed E-state index contributed by atoms with van der Waals surface area (Å²) in [6, 6.07) is 5.40. The predicted octanol–water partition coefficient (Wildman–Crippen LogP) is -0.241. The van der Waals surface area contributed by atoms with Crippen LogP contribution in [0.3, 0.4) is 0 Å². The predicted molar refractivity (Wildman–Crippen MR) is 49.9 cm³/mol. The molecule has 0 unspecified atom stereocenters. The molecule has 0 aromatic carbocycles. The van der Waals surface area contributed by atoms with E-state index in [1.807, 2.05) is 13.0 Å². The average Bonchev–Trinajstić information content (AvgIpc) is 2.12. The van der Waals surface area contributed by atoms with Gasteiger partial charge < -0.3 is 5.84 Å². The Bertz CT molecular complexity index is 512. The van der Waals surface area contributed by atoms with Gasteiger partial charge in [-0.3, -0.25) is 9.66 Å². The molecule has 0 fully saturated rings. The second-order valence-corrected chi connectivity index (χ2v) is 2.93. The Hall–Kier alpha value is -1.84. The van der Waals surface area contributed by atoms with Crippen molar-refractivity contribution in [2.75, 3.05) is 5.84 Å². The van der Waals surface area contributed by atoms with Gasteiger partial charge in [0.25, 0.3) is 0 Å². The van der Waals surface area contributed by atoms with Crippen molar-refractivity contribution in [3.05, 3.63) is 35.6 Å². The fraction of sp³-hybridized carbons (Fsp3) is 0.111. The summed E-state index contributed by atoms with van der Waals surface area (Å²) in [4.78, 5) is 4.25. The summed E-state index contributed by atoms with van der Waals surface area (Å²) >= 11 is 0. The molecule has 2 aromatic rings. The fourth-order valence-electron chi connectivity index (χ4n) is 1.25. The number of rotatable bonds is 0. The first-order valence-electron chi connectivity index (χ1n) is 3.94. The molecule has 2 aromatic heterocycles. The van der Waals surface area contributed by atoms with Crippen molar-refractivity contribution in [3.8, 4) is 0 Å². The molecule has 4 heteroatoms. The van der Waals surface area contributed by atoms with E-state index in [4.69, 9.17) is 5.84 Å². The highest BCUT2D eigenvalue weighted by molar-refractivity contribution is 5.76. The lowest BCUT2D eigenvalue weighted by atomic mass is 10.2. The van der Waals surface area contributed by atoms with Crippen LogP contribution in [0.2, 0.25) is 0 Å². The summed E-state index contributed by atoms with van der Waals surface area (Å²) in [5, 5.41) is 10.2. The van der Waals surface area contributed by atoms with Gasteiger partial charge in [-0.1, -0.05) is 0 Å². The minimum absolute atomic E-state index is 0.0324. The number of aryl methyl sites for hydroxylation is 1. The Kier molecular flexibility index (Phi) is 1.55. The number of pyridine rings is 2. The van der Waals surface area contributed by atoms with Crippen LogP contribution in [0.5, 0.6) is 0 Å². The van der Waals surface area contributed by atoms with Crippen molar-refractivity contribution in [1.82, 2.24) is 15.1 Å². The quantitative estimate of drug-likeness (QED) is 0.559. The number of fused-ring (bicyclic) bond motifs is 1. The van der Waals surface area contributed by atoms with Gasteiger partial charge in [0, 0.05) is 17.3 Å². The van der Waals surface area contributed by atoms with Crippen LogP contribution < -0.4 is 16.7 Å². The number of nitrogen functional groups attached to an aromatic ring is 1. The van der Waals surface area contributed by atoms with Gasteiger partial charge >= 0.3 is 0 Å². The molecule has 2 heterocycles. The van der Waals surface area contributed by atoms with E-state index in [9.17, 15) is 5.41 Å². The van der Waals surface area contributed by atoms with Crippen LogP contribution in [0.1, 0.15) is 5.69 Å². The van der Waals surface area contributed by atoms with Gasteiger partial charge in [-0.15, -0.1) is 5.41 Å². The highest BCUT2D eigenvalue weighted by Gasteiger charge is 1.98. The number of hydrogen-bond donors (Lipinski definition) is 1. The summed E-state index contributed by atoms with van der Waals surface area (Å²) in [5.74, 6) is 5.46. The molecule has 65 valence electrons. The lowest BCUT2D eigenvalue weighted by Crippen LogP contribution is -2.28. The van der Waals surface area contributed by atoms with Crippen molar-refractivity contribution in [2.45, 2.75) is 6.92 Å². The number of nitrogens with two attached hydrogens (primary N) is 1. The highest BCUT2D eigenvalue weighted by atomic mass is 15.3.